The van der Waals surface area contributed by atoms with Gasteiger partial charge in [-0.1, -0.05) is 6.42 Å². The predicted molar refractivity (Wildman–Crippen MR) is 93.7 cm³/mol. The third-order valence-corrected chi connectivity index (χ3v) is 6.16. The van der Waals surface area contributed by atoms with Crippen LogP contribution in [0.15, 0.2) is 24.3 Å². The fourth-order valence-electron chi connectivity index (χ4n) is 4.60. The van der Waals surface area contributed by atoms with Crippen LogP contribution in [-0.2, 0) is 4.79 Å². The zero-order valence-electron chi connectivity index (χ0n) is 14.3. The van der Waals surface area contributed by atoms with Gasteiger partial charge < -0.3 is 10.6 Å². The Kier molecular flexibility index (Phi) is 4.07. The molecule has 4 atom stereocenters. The number of hydrogen-bond donors (Lipinski definition) is 2. The number of benzene rings is 1. The molecule has 128 valence electrons. The summed E-state index contributed by atoms with van der Waals surface area (Å²) >= 11 is 0. The number of amides is 2. The van der Waals surface area contributed by atoms with Crippen molar-refractivity contribution in [3.63, 3.8) is 0 Å². The molecule has 4 rings (SSSR count). The van der Waals surface area contributed by atoms with E-state index in [0.29, 0.717) is 11.5 Å². The van der Waals surface area contributed by atoms with Crippen LogP contribution < -0.4 is 10.6 Å². The quantitative estimate of drug-likeness (QED) is 0.869. The first kappa shape index (κ1) is 15.7. The van der Waals surface area contributed by atoms with Crippen LogP contribution in [0.3, 0.4) is 0 Å². The van der Waals surface area contributed by atoms with Gasteiger partial charge in [-0.25, -0.2) is 0 Å². The highest BCUT2D eigenvalue weighted by molar-refractivity contribution is 5.96. The maximum Gasteiger partial charge on any atom is 0.251 e. The Morgan fingerprint density at radius 3 is 2.38 bits per heavy atom. The van der Waals surface area contributed by atoms with Gasteiger partial charge >= 0.3 is 0 Å². The van der Waals surface area contributed by atoms with E-state index in [2.05, 4.69) is 17.6 Å². The summed E-state index contributed by atoms with van der Waals surface area (Å²) in [7, 11) is 0. The molecule has 2 bridgehead atoms. The monoisotopic (exact) mass is 326 g/mol. The van der Waals surface area contributed by atoms with Gasteiger partial charge in [0.15, 0.2) is 0 Å². The molecule has 0 radical (unpaired) electrons. The fraction of sp³-hybridized carbons (Fsp3) is 0.600. The largest absolute Gasteiger partial charge is 0.349 e. The molecule has 3 fully saturated rings. The van der Waals surface area contributed by atoms with Gasteiger partial charge in [0.1, 0.15) is 0 Å². The molecule has 4 unspecified atom stereocenters. The molecule has 24 heavy (non-hydrogen) atoms. The third kappa shape index (κ3) is 3.19. The fourth-order valence-corrected chi connectivity index (χ4v) is 4.60. The second-order valence-corrected chi connectivity index (χ2v) is 7.94. The zero-order chi connectivity index (χ0) is 16.7. The van der Waals surface area contributed by atoms with Crippen molar-refractivity contribution in [3.8, 4) is 0 Å². The van der Waals surface area contributed by atoms with Crippen LogP contribution in [0.2, 0.25) is 0 Å². The molecule has 1 aromatic carbocycles. The van der Waals surface area contributed by atoms with Crippen molar-refractivity contribution in [1.29, 1.82) is 0 Å². The lowest BCUT2D eigenvalue weighted by molar-refractivity contribution is -0.117. The van der Waals surface area contributed by atoms with Gasteiger partial charge in [0.05, 0.1) is 0 Å². The minimum absolute atomic E-state index is 0.00894. The normalized spacial score (nSPS) is 29.3. The number of carbonyl (C=O) groups excluding carboxylic acids is 2. The first-order chi connectivity index (χ1) is 11.6. The Labute approximate surface area is 143 Å². The summed E-state index contributed by atoms with van der Waals surface area (Å²) in [6.45, 7) is 2.15. The molecule has 0 aromatic heterocycles. The zero-order valence-corrected chi connectivity index (χ0v) is 14.3. The number of anilines is 1. The molecule has 2 N–H and O–H groups in total. The smallest absolute Gasteiger partial charge is 0.251 e. The Hall–Kier alpha value is -1.84. The highest BCUT2D eigenvalue weighted by atomic mass is 16.2. The van der Waals surface area contributed by atoms with Crippen LogP contribution in [0.25, 0.3) is 0 Å². The molecule has 2 amide bonds. The summed E-state index contributed by atoms with van der Waals surface area (Å²) in [5.74, 6) is 2.63. The number of rotatable bonds is 5. The van der Waals surface area contributed by atoms with E-state index in [-0.39, 0.29) is 23.8 Å². The van der Waals surface area contributed by atoms with Crippen molar-refractivity contribution in [2.45, 2.75) is 51.5 Å². The van der Waals surface area contributed by atoms with Gasteiger partial charge in [-0.05, 0) is 81.0 Å². The first-order valence-electron chi connectivity index (χ1n) is 9.32. The maximum absolute atomic E-state index is 12.5. The van der Waals surface area contributed by atoms with Crippen LogP contribution >= 0.6 is 0 Å². The van der Waals surface area contributed by atoms with Gasteiger partial charge in [-0.3, -0.25) is 9.59 Å². The van der Waals surface area contributed by atoms with E-state index in [1.54, 1.807) is 12.1 Å². The molecular formula is C20H26N2O2. The highest BCUT2D eigenvalue weighted by Crippen LogP contribution is 2.49. The molecule has 1 aromatic rings. The third-order valence-electron chi connectivity index (χ3n) is 6.16. The van der Waals surface area contributed by atoms with Crippen molar-refractivity contribution in [3.05, 3.63) is 29.8 Å². The molecule has 3 saturated carbocycles. The average Bonchev–Trinajstić information content (AvgIpc) is 3.23. The lowest BCUT2D eigenvalue weighted by atomic mass is 9.84. The van der Waals surface area contributed by atoms with E-state index in [9.17, 15) is 9.59 Å². The topological polar surface area (TPSA) is 58.2 Å². The number of hydrogen-bond acceptors (Lipinski definition) is 2. The summed E-state index contributed by atoms with van der Waals surface area (Å²) in [4.78, 5) is 24.2. The van der Waals surface area contributed by atoms with Gasteiger partial charge in [0.2, 0.25) is 5.91 Å². The van der Waals surface area contributed by atoms with Crippen LogP contribution in [0, 0.1) is 23.7 Å². The van der Waals surface area contributed by atoms with Crippen molar-refractivity contribution in [2.75, 3.05) is 5.32 Å². The van der Waals surface area contributed by atoms with Gasteiger partial charge in [0.25, 0.3) is 5.91 Å². The summed E-state index contributed by atoms with van der Waals surface area (Å²) in [5.41, 5.74) is 1.43. The molecule has 0 aliphatic heterocycles. The van der Waals surface area contributed by atoms with E-state index >= 15 is 0 Å². The number of carbonyl (C=O) groups is 2. The highest BCUT2D eigenvalue weighted by Gasteiger charge is 2.42. The van der Waals surface area contributed by atoms with Gasteiger partial charge in [-0.15, -0.1) is 0 Å². The Morgan fingerprint density at radius 1 is 1.04 bits per heavy atom. The Balaban J connectivity index is 1.33. The van der Waals surface area contributed by atoms with Crippen LogP contribution in [0.1, 0.15) is 55.8 Å². The van der Waals surface area contributed by atoms with Gasteiger partial charge in [0, 0.05) is 23.2 Å². The van der Waals surface area contributed by atoms with Crippen molar-refractivity contribution in [1.82, 2.24) is 5.32 Å². The molecule has 4 heteroatoms. The van der Waals surface area contributed by atoms with Crippen LogP contribution in [-0.4, -0.2) is 17.9 Å². The molecule has 0 saturated heterocycles. The van der Waals surface area contributed by atoms with Crippen LogP contribution in [0.4, 0.5) is 5.69 Å². The second-order valence-electron chi connectivity index (χ2n) is 7.94. The first-order valence-corrected chi connectivity index (χ1v) is 9.32. The van der Waals surface area contributed by atoms with Gasteiger partial charge in [-0.2, -0.15) is 0 Å². The average molecular weight is 326 g/mol. The van der Waals surface area contributed by atoms with Crippen molar-refractivity contribution >= 4 is 17.5 Å². The van der Waals surface area contributed by atoms with E-state index in [1.807, 2.05) is 12.1 Å². The lowest BCUT2D eigenvalue weighted by Crippen LogP contribution is -2.40. The lowest BCUT2D eigenvalue weighted by Gasteiger charge is -2.28. The maximum atomic E-state index is 12.5. The minimum Gasteiger partial charge on any atom is -0.349 e. The summed E-state index contributed by atoms with van der Waals surface area (Å²) in [5, 5.41) is 6.09. The molecule has 0 heterocycles. The number of fused-ring (bicyclic) bond motifs is 2. The Morgan fingerprint density at radius 2 is 1.79 bits per heavy atom. The van der Waals surface area contributed by atoms with Crippen LogP contribution in [0.5, 0.6) is 0 Å². The predicted octanol–water partition coefficient (Wildman–Crippen LogP) is 3.59. The van der Waals surface area contributed by atoms with Crippen molar-refractivity contribution < 1.29 is 9.59 Å². The van der Waals surface area contributed by atoms with E-state index < -0.39 is 0 Å². The molecule has 3 aliphatic rings. The molecule has 0 spiro atoms. The molecular weight excluding hydrogens is 300 g/mol. The van der Waals surface area contributed by atoms with E-state index in [0.717, 1.165) is 30.4 Å². The second kappa shape index (κ2) is 6.23. The van der Waals surface area contributed by atoms with E-state index in [1.165, 1.54) is 25.7 Å². The summed E-state index contributed by atoms with van der Waals surface area (Å²) in [6, 6.07) is 7.47. The summed E-state index contributed by atoms with van der Waals surface area (Å²) in [6.07, 6.45) is 7.35. The number of nitrogens with one attached hydrogen (secondary N) is 2. The minimum atomic E-state index is -0.00894. The van der Waals surface area contributed by atoms with Crippen molar-refractivity contribution in [2.24, 2.45) is 23.7 Å². The molecule has 4 nitrogen and oxygen atoms in total. The standard InChI is InChI=1S/C20H26N2O2/c1-12(18-11-13-2-3-16(18)10-13)21-19(23)15-6-8-17(9-7-15)22-20(24)14-4-5-14/h6-9,12-14,16,18H,2-5,10-11H2,1H3,(H,21,23)(H,22,24). The molecule has 3 aliphatic carbocycles. The van der Waals surface area contributed by atoms with E-state index in [4.69, 9.17) is 0 Å². The Bertz CT molecular complexity index is 636. The summed E-state index contributed by atoms with van der Waals surface area (Å²) < 4.78 is 0. The SMILES string of the molecule is CC(NC(=O)c1ccc(NC(=O)C2CC2)cc1)C1CC2CCC1C2.